The Hall–Kier alpha value is -0.570. The number of nitrogens with zero attached hydrogens (tertiary/aromatic N) is 1. The predicted octanol–water partition coefficient (Wildman–Crippen LogP) is 4.44. The van der Waals surface area contributed by atoms with Crippen molar-refractivity contribution in [1.82, 2.24) is 4.98 Å². The van der Waals surface area contributed by atoms with Gasteiger partial charge >= 0.3 is 0 Å². The molecule has 0 spiro atoms. The lowest BCUT2D eigenvalue weighted by Crippen LogP contribution is -2.08. The minimum absolute atomic E-state index is 0.544. The molecule has 2 rings (SSSR count). The van der Waals surface area contributed by atoms with Gasteiger partial charge in [-0.15, -0.1) is 0 Å². The maximum Gasteiger partial charge on any atom is 0.138 e. The van der Waals surface area contributed by atoms with E-state index in [-0.39, 0.29) is 0 Å². The van der Waals surface area contributed by atoms with Gasteiger partial charge in [-0.2, -0.15) is 0 Å². The van der Waals surface area contributed by atoms with Crippen LogP contribution < -0.4 is 4.74 Å². The molecular formula is C14H20BrNO. The van der Waals surface area contributed by atoms with Gasteiger partial charge in [0.05, 0.1) is 12.8 Å². The predicted molar refractivity (Wildman–Crippen MR) is 73.2 cm³/mol. The second-order valence-electron chi connectivity index (χ2n) is 5.75. The Bertz CT molecular complexity index is 378. The molecule has 1 aromatic rings. The summed E-state index contributed by atoms with van der Waals surface area (Å²) in [5, 5.41) is 0. The highest BCUT2D eigenvalue weighted by atomic mass is 79.9. The zero-order valence-electron chi connectivity index (χ0n) is 10.6. The first-order valence-corrected chi connectivity index (χ1v) is 7.08. The van der Waals surface area contributed by atoms with E-state index >= 15 is 0 Å². The van der Waals surface area contributed by atoms with Crippen molar-refractivity contribution in [1.29, 1.82) is 0 Å². The SMILES string of the molecule is CC1(C)CCC(CCOc2cncc(Br)c2)C1. The van der Waals surface area contributed by atoms with E-state index in [0.717, 1.165) is 29.2 Å². The monoisotopic (exact) mass is 297 g/mol. The van der Waals surface area contributed by atoms with Crippen LogP contribution in [0.2, 0.25) is 0 Å². The molecule has 1 aliphatic carbocycles. The van der Waals surface area contributed by atoms with Crippen LogP contribution in [0, 0.1) is 11.3 Å². The van der Waals surface area contributed by atoms with Crippen molar-refractivity contribution in [3.05, 3.63) is 22.9 Å². The Morgan fingerprint density at radius 1 is 1.47 bits per heavy atom. The lowest BCUT2D eigenvalue weighted by atomic mass is 9.90. The van der Waals surface area contributed by atoms with Crippen LogP contribution >= 0.6 is 15.9 Å². The molecule has 1 heterocycles. The zero-order valence-corrected chi connectivity index (χ0v) is 12.2. The van der Waals surface area contributed by atoms with Crippen molar-refractivity contribution in [3.8, 4) is 5.75 Å². The maximum absolute atomic E-state index is 5.72. The van der Waals surface area contributed by atoms with Crippen LogP contribution in [-0.2, 0) is 0 Å². The van der Waals surface area contributed by atoms with Crippen molar-refractivity contribution in [2.45, 2.75) is 39.5 Å². The fourth-order valence-electron chi connectivity index (χ4n) is 2.64. The van der Waals surface area contributed by atoms with Crippen LogP contribution in [0.1, 0.15) is 39.5 Å². The average Bonchev–Trinajstić information content (AvgIpc) is 2.58. The van der Waals surface area contributed by atoms with E-state index in [9.17, 15) is 0 Å². The molecular weight excluding hydrogens is 278 g/mol. The van der Waals surface area contributed by atoms with Crippen LogP contribution in [0.5, 0.6) is 5.75 Å². The van der Waals surface area contributed by atoms with E-state index in [1.54, 1.807) is 12.4 Å². The van der Waals surface area contributed by atoms with E-state index in [4.69, 9.17) is 4.74 Å². The Morgan fingerprint density at radius 3 is 2.94 bits per heavy atom. The number of hydrogen-bond donors (Lipinski definition) is 0. The number of halogens is 1. The number of rotatable bonds is 4. The molecule has 2 nitrogen and oxygen atoms in total. The molecule has 1 aromatic heterocycles. The van der Waals surface area contributed by atoms with Crippen LogP contribution in [0.3, 0.4) is 0 Å². The first kappa shape index (κ1) is 12.9. The number of hydrogen-bond acceptors (Lipinski definition) is 2. The molecule has 17 heavy (non-hydrogen) atoms. The van der Waals surface area contributed by atoms with E-state index in [2.05, 4.69) is 34.8 Å². The maximum atomic E-state index is 5.72. The van der Waals surface area contributed by atoms with Gasteiger partial charge in [0.25, 0.3) is 0 Å². The van der Waals surface area contributed by atoms with Gasteiger partial charge in [-0.1, -0.05) is 13.8 Å². The summed E-state index contributed by atoms with van der Waals surface area (Å²) in [4.78, 5) is 4.09. The molecule has 1 fully saturated rings. The molecule has 1 unspecified atom stereocenters. The van der Waals surface area contributed by atoms with Crippen LogP contribution in [0.15, 0.2) is 22.9 Å². The summed E-state index contributed by atoms with van der Waals surface area (Å²) in [5.74, 6) is 1.70. The molecule has 1 aliphatic rings. The Labute approximate surface area is 112 Å². The average molecular weight is 298 g/mol. The van der Waals surface area contributed by atoms with Gasteiger partial charge in [0.1, 0.15) is 5.75 Å². The minimum atomic E-state index is 0.544. The van der Waals surface area contributed by atoms with Crippen molar-refractivity contribution < 1.29 is 4.74 Å². The normalized spacial score (nSPS) is 22.6. The Balaban J connectivity index is 1.73. The first-order valence-electron chi connectivity index (χ1n) is 6.28. The molecule has 0 aliphatic heterocycles. The van der Waals surface area contributed by atoms with Gasteiger partial charge in [-0.05, 0) is 59.0 Å². The van der Waals surface area contributed by atoms with Gasteiger partial charge in [-0.3, -0.25) is 4.98 Å². The lowest BCUT2D eigenvalue weighted by Gasteiger charge is -2.17. The molecule has 3 heteroatoms. The second-order valence-corrected chi connectivity index (χ2v) is 6.66. The summed E-state index contributed by atoms with van der Waals surface area (Å²) in [6.07, 6.45) is 8.75. The molecule has 0 bridgehead atoms. The minimum Gasteiger partial charge on any atom is -0.492 e. The van der Waals surface area contributed by atoms with Crippen LogP contribution in [-0.4, -0.2) is 11.6 Å². The van der Waals surface area contributed by atoms with Gasteiger partial charge < -0.3 is 4.74 Å². The van der Waals surface area contributed by atoms with Gasteiger partial charge in [0, 0.05) is 10.7 Å². The summed E-state index contributed by atoms with van der Waals surface area (Å²) in [6, 6.07) is 1.96. The number of ether oxygens (including phenoxy) is 1. The van der Waals surface area contributed by atoms with E-state index < -0.39 is 0 Å². The summed E-state index contributed by atoms with van der Waals surface area (Å²) < 4.78 is 6.69. The third-order valence-corrected chi connectivity index (χ3v) is 3.98. The number of aromatic nitrogens is 1. The first-order chi connectivity index (χ1) is 8.05. The highest BCUT2D eigenvalue weighted by molar-refractivity contribution is 9.10. The third-order valence-electron chi connectivity index (χ3n) is 3.55. The lowest BCUT2D eigenvalue weighted by molar-refractivity contribution is 0.267. The van der Waals surface area contributed by atoms with Crippen LogP contribution in [0.25, 0.3) is 0 Å². The van der Waals surface area contributed by atoms with Gasteiger partial charge in [-0.25, -0.2) is 0 Å². The van der Waals surface area contributed by atoms with E-state index in [0.29, 0.717) is 5.41 Å². The van der Waals surface area contributed by atoms with Crippen molar-refractivity contribution in [3.63, 3.8) is 0 Å². The van der Waals surface area contributed by atoms with Crippen molar-refractivity contribution in [2.75, 3.05) is 6.61 Å². The molecule has 0 aromatic carbocycles. The largest absolute Gasteiger partial charge is 0.492 e. The van der Waals surface area contributed by atoms with Gasteiger partial charge in [0.2, 0.25) is 0 Å². The standard InChI is InChI=1S/C14H20BrNO/c1-14(2)5-3-11(8-14)4-6-17-13-7-12(15)9-16-10-13/h7,9-11H,3-6,8H2,1-2H3. The molecule has 0 saturated heterocycles. The van der Waals surface area contributed by atoms with Crippen molar-refractivity contribution in [2.24, 2.45) is 11.3 Å². The Morgan fingerprint density at radius 2 is 2.29 bits per heavy atom. The molecule has 1 saturated carbocycles. The molecule has 0 N–H and O–H groups in total. The summed E-state index contributed by atoms with van der Waals surface area (Å²) in [5.41, 5.74) is 0.544. The Kier molecular flexibility index (Phi) is 4.08. The fourth-order valence-corrected chi connectivity index (χ4v) is 2.99. The molecule has 94 valence electrons. The summed E-state index contributed by atoms with van der Waals surface area (Å²) in [7, 11) is 0. The molecule has 0 radical (unpaired) electrons. The molecule has 0 amide bonds. The quantitative estimate of drug-likeness (QED) is 0.820. The number of pyridine rings is 1. The fraction of sp³-hybridized carbons (Fsp3) is 0.643. The topological polar surface area (TPSA) is 22.1 Å². The van der Waals surface area contributed by atoms with Gasteiger partial charge in [0.15, 0.2) is 0 Å². The third kappa shape index (κ3) is 3.98. The molecule has 1 atom stereocenters. The highest BCUT2D eigenvalue weighted by Gasteiger charge is 2.30. The van der Waals surface area contributed by atoms with Crippen molar-refractivity contribution >= 4 is 15.9 Å². The summed E-state index contributed by atoms with van der Waals surface area (Å²) >= 11 is 3.39. The second kappa shape index (κ2) is 5.38. The van der Waals surface area contributed by atoms with E-state index in [1.165, 1.54) is 19.3 Å². The highest BCUT2D eigenvalue weighted by Crippen LogP contribution is 2.42. The zero-order chi connectivity index (χ0) is 12.3. The smallest absolute Gasteiger partial charge is 0.138 e. The summed E-state index contributed by atoms with van der Waals surface area (Å²) in [6.45, 7) is 5.54. The van der Waals surface area contributed by atoms with Crippen LogP contribution in [0.4, 0.5) is 0 Å². The van der Waals surface area contributed by atoms with E-state index in [1.807, 2.05) is 6.07 Å².